The number of halogens is 1. The van der Waals surface area contributed by atoms with Gasteiger partial charge in [0.05, 0.1) is 18.5 Å². The largest absolute Gasteiger partial charge is 0.490 e. The number of carbonyl (C=O) groups is 2. The quantitative estimate of drug-likeness (QED) is 0.618. The van der Waals surface area contributed by atoms with E-state index >= 15 is 0 Å². The fraction of sp³-hybridized carbons (Fsp3) is 0.300. The van der Waals surface area contributed by atoms with Crippen molar-refractivity contribution in [1.82, 2.24) is 9.29 Å². The van der Waals surface area contributed by atoms with Crippen molar-refractivity contribution in [3.05, 3.63) is 22.9 Å². The van der Waals surface area contributed by atoms with Crippen LogP contribution in [0.3, 0.4) is 0 Å². The van der Waals surface area contributed by atoms with Crippen LogP contribution in [-0.4, -0.2) is 39.9 Å². The molecule has 0 unspecified atom stereocenters. The number of pyridine rings is 1. The smallest absolute Gasteiger partial charge is 0.300 e. The minimum absolute atomic E-state index is 0.233. The molecule has 2 heterocycles. The molecule has 1 fully saturated rings. The van der Waals surface area contributed by atoms with Crippen molar-refractivity contribution in [2.24, 2.45) is 0 Å². The number of hydrogen-bond acceptors (Lipinski definition) is 5. The zero-order valence-corrected chi connectivity index (χ0v) is 11.2. The molecule has 0 spiro atoms. The fourth-order valence-electron chi connectivity index (χ4n) is 1.28. The van der Waals surface area contributed by atoms with Gasteiger partial charge in [0, 0.05) is 10.7 Å². The Kier molecular flexibility index (Phi) is 4.01. The first-order valence-corrected chi connectivity index (χ1v) is 6.61. The highest BCUT2D eigenvalue weighted by Gasteiger charge is 2.29. The molecule has 0 bridgehead atoms. The molecule has 0 radical (unpaired) electrons. The van der Waals surface area contributed by atoms with Crippen LogP contribution in [0.5, 0.6) is 5.75 Å². The first-order chi connectivity index (χ1) is 8.16. The average molecular weight is 317 g/mol. The fourth-order valence-corrected chi connectivity index (χ4v) is 2.44. The molecule has 17 heavy (non-hydrogen) atoms. The summed E-state index contributed by atoms with van der Waals surface area (Å²) in [4.78, 5) is 26.2. The molecule has 90 valence electrons. The van der Waals surface area contributed by atoms with Gasteiger partial charge < -0.3 is 4.74 Å². The van der Waals surface area contributed by atoms with Gasteiger partial charge in [0.2, 0.25) is 5.78 Å². The molecule has 1 amide bonds. The second-order valence-electron chi connectivity index (χ2n) is 3.29. The summed E-state index contributed by atoms with van der Waals surface area (Å²) in [6, 6.07) is 1.79. The minimum atomic E-state index is -0.439. The number of Topliss-reactive ketones (excluding diaryl/α,β-unsaturated/α-hetero) is 1. The maximum Gasteiger partial charge on any atom is 0.300 e. The number of hydrogen-bond donors (Lipinski definition) is 0. The Balaban J connectivity index is 1.80. The Morgan fingerprint density at radius 3 is 2.94 bits per heavy atom. The summed E-state index contributed by atoms with van der Waals surface area (Å²) in [7, 11) is 0. The Labute approximate surface area is 111 Å². The maximum atomic E-state index is 11.3. The van der Waals surface area contributed by atoms with Crippen molar-refractivity contribution in [1.29, 1.82) is 0 Å². The predicted molar refractivity (Wildman–Crippen MR) is 66.6 cm³/mol. The summed E-state index contributed by atoms with van der Waals surface area (Å²) in [5, 5.41) is 0. The Morgan fingerprint density at radius 2 is 2.29 bits per heavy atom. The first kappa shape index (κ1) is 12.4. The molecule has 1 aromatic rings. The maximum absolute atomic E-state index is 11.3. The van der Waals surface area contributed by atoms with Crippen LogP contribution >= 0.6 is 27.9 Å². The van der Waals surface area contributed by atoms with E-state index in [1.165, 1.54) is 16.3 Å². The molecular weight excluding hydrogens is 308 g/mol. The first-order valence-electron chi connectivity index (χ1n) is 4.88. The molecule has 1 aliphatic rings. The van der Waals surface area contributed by atoms with E-state index in [2.05, 4.69) is 20.9 Å². The van der Waals surface area contributed by atoms with Crippen molar-refractivity contribution in [2.45, 2.75) is 0 Å². The van der Waals surface area contributed by atoms with Crippen LogP contribution < -0.4 is 4.74 Å². The van der Waals surface area contributed by atoms with Crippen molar-refractivity contribution in [3.63, 3.8) is 0 Å². The lowest BCUT2D eigenvalue weighted by Gasteiger charge is -2.13. The molecule has 0 saturated carbocycles. The number of ether oxygens (including phenoxy) is 1. The summed E-state index contributed by atoms with van der Waals surface area (Å²) >= 11 is 4.51. The topological polar surface area (TPSA) is 59.5 Å². The van der Waals surface area contributed by atoms with E-state index in [1.54, 1.807) is 18.5 Å². The molecule has 5 nitrogen and oxygen atoms in total. The van der Waals surface area contributed by atoms with Crippen LogP contribution in [0.2, 0.25) is 0 Å². The van der Waals surface area contributed by atoms with E-state index in [4.69, 9.17) is 4.74 Å². The summed E-state index contributed by atoms with van der Waals surface area (Å²) in [5.74, 6) is 0.0736. The third kappa shape index (κ3) is 3.19. The molecule has 0 aromatic carbocycles. The second kappa shape index (κ2) is 5.50. The SMILES string of the molecule is O=C1CSN(CCOc2cncc(Br)c2)C1=O. The van der Waals surface area contributed by atoms with Crippen LogP contribution in [0.15, 0.2) is 22.9 Å². The zero-order chi connectivity index (χ0) is 12.3. The van der Waals surface area contributed by atoms with Crippen LogP contribution in [0.4, 0.5) is 0 Å². The third-order valence-corrected chi connectivity index (χ3v) is 3.54. The molecule has 1 aliphatic heterocycles. The van der Waals surface area contributed by atoms with Crippen molar-refractivity contribution in [2.75, 3.05) is 18.9 Å². The van der Waals surface area contributed by atoms with Crippen LogP contribution in [0, 0.1) is 0 Å². The molecule has 0 atom stereocenters. The molecule has 7 heteroatoms. The van der Waals surface area contributed by atoms with Gasteiger partial charge in [-0.3, -0.25) is 18.9 Å². The second-order valence-corrected chi connectivity index (χ2v) is 5.19. The Hall–Kier alpha value is -1.08. The number of aromatic nitrogens is 1. The van der Waals surface area contributed by atoms with E-state index in [0.717, 1.165) is 4.47 Å². The van der Waals surface area contributed by atoms with E-state index in [-0.39, 0.29) is 11.5 Å². The molecule has 1 aromatic heterocycles. The number of amides is 1. The molecular formula is C10H9BrN2O3S. The number of carbonyl (C=O) groups excluding carboxylic acids is 2. The zero-order valence-electron chi connectivity index (χ0n) is 8.76. The highest BCUT2D eigenvalue weighted by atomic mass is 79.9. The van der Waals surface area contributed by atoms with Gasteiger partial charge in [-0.1, -0.05) is 0 Å². The van der Waals surface area contributed by atoms with Crippen LogP contribution in [0.25, 0.3) is 0 Å². The van der Waals surface area contributed by atoms with Crippen LogP contribution in [-0.2, 0) is 9.59 Å². The lowest BCUT2D eigenvalue weighted by Crippen LogP contribution is -2.27. The van der Waals surface area contributed by atoms with Gasteiger partial charge in [0.25, 0.3) is 0 Å². The Morgan fingerprint density at radius 1 is 1.47 bits per heavy atom. The standard InChI is InChI=1S/C10H9BrN2O3S/c11-7-3-8(5-12-4-7)16-2-1-13-10(15)9(14)6-17-13/h3-5H,1-2,6H2. The summed E-state index contributed by atoms with van der Waals surface area (Å²) in [5.41, 5.74) is 0. The molecule has 0 aliphatic carbocycles. The van der Waals surface area contributed by atoms with Gasteiger partial charge in [-0.05, 0) is 33.9 Å². The lowest BCUT2D eigenvalue weighted by atomic mass is 10.4. The number of ketones is 1. The van der Waals surface area contributed by atoms with E-state index in [1.807, 2.05) is 0 Å². The normalized spacial score (nSPS) is 15.5. The van der Waals surface area contributed by atoms with Gasteiger partial charge in [-0.25, -0.2) is 0 Å². The van der Waals surface area contributed by atoms with Crippen molar-refractivity contribution >= 4 is 39.6 Å². The van der Waals surface area contributed by atoms with Crippen LogP contribution in [0.1, 0.15) is 0 Å². The lowest BCUT2D eigenvalue weighted by molar-refractivity contribution is -0.138. The van der Waals surface area contributed by atoms with Gasteiger partial charge >= 0.3 is 5.91 Å². The molecule has 2 rings (SSSR count). The Bertz CT molecular complexity index is 455. The summed E-state index contributed by atoms with van der Waals surface area (Å²) < 4.78 is 7.68. The van der Waals surface area contributed by atoms with Gasteiger partial charge in [0.15, 0.2) is 0 Å². The highest BCUT2D eigenvalue weighted by Crippen LogP contribution is 2.19. The number of rotatable bonds is 4. The van der Waals surface area contributed by atoms with E-state index in [0.29, 0.717) is 18.9 Å². The van der Waals surface area contributed by atoms with Gasteiger partial charge in [-0.2, -0.15) is 0 Å². The summed E-state index contributed by atoms with van der Waals surface area (Å²) in [6.45, 7) is 0.728. The van der Waals surface area contributed by atoms with Crippen molar-refractivity contribution < 1.29 is 14.3 Å². The van der Waals surface area contributed by atoms with Gasteiger partial charge in [-0.15, -0.1) is 0 Å². The van der Waals surface area contributed by atoms with Gasteiger partial charge in [0.1, 0.15) is 12.4 Å². The highest BCUT2D eigenvalue weighted by molar-refractivity contribution is 9.10. The predicted octanol–water partition coefficient (Wildman–Crippen LogP) is 1.28. The van der Waals surface area contributed by atoms with Crippen molar-refractivity contribution in [3.8, 4) is 5.75 Å². The van der Waals surface area contributed by atoms with E-state index < -0.39 is 5.91 Å². The minimum Gasteiger partial charge on any atom is -0.490 e. The average Bonchev–Trinajstić information content (AvgIpc) is 2.61. The molecule has 0 N–H and O–H groups in total. The third-order valence-electron chi connectivity index (χ3n) is 2.06. The van der Waals surface area contributed by atoms with E-state index in [9.17, 15) is 9.59 Å². The number of nitrogens with zero attached hydrogens (tertiary/aromatic N) is 2. The molecule has 1 saturated heterocycles. The summed E-state index contributed by atoms with van der Waals surface area (Å²) in [6.07, 6.45) is 3.25. The monoisotopic (exact) mass is 316 g/mol.